The van der Waals surface area contributed by atoms with Gasteiger partial charge in [0.1, 0.15) is 13.2 Å². The number of hydrogen-bond donors (Lipinski definition) is 2. The van der Waals surface area contributed by atoms with Crippen LogP contribution in [0.4, 0.5) is 9.59 Å². The van der Waals surface area contributed by atoms with Crippen molar-refractivity contribution >= 4 is 35.4 Å². The minimum Gasteiger partial charge on any atom is -0.445 e. The second kappa shape index (κ2) is 9.83. The van der Waals surface area contributed by atoms with Crippen molar-refractivity contribution in [2.75, 3.05) is 0 Å². The highest BCUT2D eigenvalue weighted by Gasteiger charge is 2.25. The zero-order valence-corrected chi connectivity index (χ0v) is 19.6. The lowest BCUT2D eigenvalue weighted by Gasteiger charge is -2.22. The molecule has 0 radical (unpaired) electrons. The highest BCUT2D eigenvalue weighted by atomic mass is 35.5. The molecule has 3 rings (SSSR count). The van der Waals surface area contributed by atoms with Crippen LogP contribution >= 0.6 is 23.2 Å². The molecular weight excluding hydrogens is 441 g/mol. The van der Waals surface area contributed by atoms with E-state index in [9.17, 15) is 9.59 Å². The molecule has 9 heteroatoms. The molecule has 1 aromatic heterocycles. The summed E-state index contributed by atoms with van der Waals surface area (Å²) in [7, 11) is 0. The summed E-state index contributed by atoms with van der Waals surface area (Å²) in [6.07, 6.45) is 1.71. The number of hydrogen-bond acceptors (Lipinski definition) is 4. The number of carbonyl (C=O) groups excluding carboxylic acids is 2. The lowest BCUT2D eigenvalue weighted by Crippen LogP contribution is -2.31. The Labute approximate surface area is 192 Å². The molecular formula is C22H27Cl2N3O4. The Balaban J connectivity index is 1.94. The monoisotopic (exact) mass is 467 g/mol. The molecule has 0 atom stereocenters. The first-order valence-electron chi connectivity index (χ1n) is 10.2. The summed E-state index contributed by atoms with van der Waals surface area (Å²) >= 11 is 12.5. The summed E-state index contributed by atoms with van der Waals surface area (Å²) in [4.78, 5) is 24.1. The topological polar surface area (TPSA) is 81.6 Å². The number of alkyl carbamates (subject to hydrolysis) is 2. The largest absolute Gasteiger partial charge is 0.445 e. The van der Waals surface area contributed by atoms with Gasteiger partial charge in [0.05, 0.1) is 15.7 Å². The van der Waals surface area contributed by atoms with Crippen LogP contribution in [0.5, 0.6) is 0 Å². The van der Waals surface area contributed by atoms with Gasteiger partial charge in [0, 0.05) is 41.5 Å². The number of amides is 2. The van der Waals surface area contributed by atoms with E-state index in [-0.39, 0.29) is 25.3 Å². The zero-order valence-electron chi connectivity index (χ0n) is 18.1. The first-order valence-corrected chi connectivity index (χ1v) is 11.0. The minimum atomic E-state index is -0.510. The third kappa shape index (κ3) is 5.66. The molecule has 0 unspecified atom stereocenters. The summed E-state index contributed by atoms with van der Waals surface area (Å²) in [5, 5.41) is 6.37. The van der Waals surface area contributed by atoms with E-state index < -0.39 is 12.2 Å². The van der Waals surface area contributed by atoms with Crippen LogP contribution in [0.3, 0.4) is 0 Å². The Bertz CT molecular complexity index is 986. The third-order valence-electron chi connectivity index (χ3n) is 4.82. The van der Waals surface area contributed by atoms with Crippen LogP contribution in [-0.2, 0) is 35.7 Å². The van der Waals surface area contributed by atoms with E-state index in [1.54, 1.807) is 0 Å². The predicted octanol–water partition coefficient (Wildman–Crippen LogP) is 5.29. The standard InChI is InChI=1S/C22H27Cl2N3O4/c1-12(2)25-21(28)30-10-15-9-27-6-5-14-7-18(23)19(24)8-16(14)20(27)17(15)11-31-22(29)26-13(3)4/h7-9,12-13H,5-6,10-11H2,1-4H3,(H,25,28)(H,26,29). The molecule has 0 saturated carbocycles. The lowest BCUT2D eigenvalue weighted by atomic mass is 9.95. The fraction of sp³-hybridized carbons (Fsp3) is 0.455. The van der Waals surface area contributed by atoms with Gasteiger partial charge in [-0.25, -0.2) is 9.59 Å². The summed E-state index contributed by atoms with van der Waals surface area (Å²) in [5.41, 5.74) is 4.43. The number of aromatic nitrogens is 1. The van der Waals surface area contributed by atoms with Gasteiger partial charge >= 0.3 is 12.2 Å². The maximum Gasteiger partial charge on any atom is 0.407 e. The first kappa shape index (κ1) is 23.3. The highest BCUT2D eigenvalue weighted by Crippen LogP contribution is 2.39. The molecule has 0 aliphatic carbocycles. The smallest absolute Gasteiger partial charge is 0.407 e. The van der Waals surface area contributed by atoms with Gasteiger partial charge in [-0.3, -0.25) is 0 Å². The van der Waals surface area contributed by atoms with E-state index in [2.05, 4.69) is 15.2 Å². The number of nitrogens with zero attached hydrogens (tertiary/aromatic N) is 1. The SMILES string of the molecule is CC(C)NC(=O)OCc1cn2c(c1COC(=O)NC(C)C)-c1cc(Cl)c(Cl)cc1CC2. The van der Waals surface area contributed by atoms with E-state index in [0.717, 1.165) is 40.9 Å². The van der Waals surface area contributed by atoms with Crippen molar-refractivity contribution in [2.24, 2.45) is 0 Å². The van der Waals surface area contributed by atoms with Gasteiger partial charge in [-0.15, -0.1) is 0 Å². The Kier molecular flexibility index (Phi) is 7.38. The van der Waals surface area contributed by atoms with Crippen LogP contribution < -0.4 is 10.6 Å². The number of fused-ring (bicyclic) bond motifs is 3. The summed E-state index contributed by atoms with van der Waals surface area (Å²) in [5.74, 6) is 0. The quantitative estimate of drug-likeness (QED) is 0.604. The molecule has 2 aromatic rings. The Morgan fingerprint density at radius 2 is 1.58 bits per heavy atom. The van der Waals surface area contributed by atoms with Gasteiger partial charge in [0.15, 0.2) is 0 Å². The second-order valence-corrected chi connectivity index (χ2v) is 8.91. The van der Waals surface area contributed by atoms with Crippen molar-refractivity contribution in [3.8, 4) is 11.3 Å². The molecule has 168 valence electrons. The van der Waals surface area contributed by atoms with E-state index >= 15 is 0 Å². The van der Waals surface area contributed by atoms with Crippen molar-refractivity contribution in [2.45, 2.75) is 66.0 Å². The predicted molar refractivity (Wildman–Crippen MR) is 121 cm³/mol. The second-order valence-electron chi connectivity index (χ2n) is 8.10. The fourth-order valence-corrected chi connectivity index (χ4v) is 3.88. The Morgan fingerprint density at radius 1 is 1.00 bits per heavy atom. The van der Waals surface area contributed by atoms with Gasteiger partial charge in [-0.05, 0) is 51.8 Å². The highest BCUT2D eigenvalue weighted by molar-refractivity contribution is 6.42. The summed E-state index contributed by atoms with van der Waals surface area (Å²) in [6.45, 7) is 8.24. The molecule has 2 N–H and O–H groups in total. The number of carbonyl (C=O) groups is 2. The van der Waals surface area contributed by atoms with Crippen LogP contribution in [-0.4, -0.2) is 28.8 Å². The Hall–Kier alpha value is -2.38. The van der Waals surface area contributed by atoms with Crippen molar-refractivity contribution in [1.82, 2.24) is 15.2 Å². The summed E-state index contributed by atoms with van der Waals surface area (Å²) in [6, 6.07) is 3.63. The average molecular weight is 468 g/mol. The van der Waals surface area contributed by atoms with E-state index in [0.29, 0.717) is 10.0 Å². The molecule has 2 amide bonds. The van der Waals surface area contributed by atoms with Gasteiger partial charge in [0.25, 0.3) is 0 Å². The number of rotatable bonds is 6. The first-order chi connectivity index (χ1) is 14.7. The van der Waals surface area contributed by atoms with Crippen LogP contribution in [0.2, 0.25) is 10.0 Å². The number of aryl methyl sites for hydroxylation is 2. The average Bonchev–Trinajstić information content (AvgIpc) is 3.02. The van der Waals surface area contributed by atoms with Crippen molar-refractivity contribution in [3.05, 3.63) is 45.1 Å². The van der Waals surface area contributed by atoms with Crippen molar-refractivity contribution in [3.63, 3.8) is 0 Å². The van der Waals surface area contributed by atoms with Crippen molar-refractivity contribution in [1.29, 1.82) is 0 Å². The summed E-state index contributed by atoms with van der Waals surface area (Å²) < 4.78 is 12.9. The van der Waals surface area contributed by atoms with Crippen LogP contribution in [0.1, 0.15) is 44.4 Å². The van der Waals surface area contributed by atoms with Crippen LogP contribution in [0.25, 0.3) is 11.3 Å². The molecule has 0 bridgehead atoms. The third-order valence-corrected chi connectivity index (χ3v) is 5.54. The molecule has 0 spiro atoms. The Morgan fingerprint density at radius 3 is 2.19 bits per heavy atom. The molecule has 7 nitrogen and oxygen atoms in total. The number of ether oxygens (including phenoxy) is 2. The number of benzene rings is 1. The van der Waals surface area contributed by atoms with E-state index in [4.69, 9.17) is 32.7 Å². The van der Waals surface area contributed by atoms with E-state index in [1.807, 2.05) is 46.0 Å². The van der Waals surface area contributed by atoms with Gasteiger partial charge in [-0.2, -0.15) is 0 Å². The van der Waals surface area contributed by atoms with Gasteiger partial charge in [-0.1, -0.05) is 23.2 Å². The maximum atomic E-state index is 12.1. The maximum absolute atomic E-state index is 12.1. The molecule has 2 heterocycles. The van der Waals surface area contributed by atoms with Crippen LogP contribution in [0.15, 0.2) is 18.3 Å². The van der Waals surface area contributed by atoms with Gasteiger partial charge < -0.3 is 24.7 Å². The fourth-order valence-electron chi connectivity index (χ4n) is 3.53. The normalized spacial score (nSPS) is 12.4. The molecule has 1 aliphatic heterocycles. The van der Waals surface area contributed by atoms with Gasteiger partial charge in [0.2, 0.25) is 0 Å². The van der Waals surface area contributed by atoms with E-state index in [1.165, 1.54) is 0 Å². The van der Waals surface area contributed by atoms with Crippen LogP contribution in [0, 0.1) is 0 Å². The lowest BCUT2D eigenvalue weighted by molar-refractivity contribution is 0.129. The molecule has 1 aliphatic rings. The minimum absolute atomic E-state index is 0.0314. The molecule has 0 saturated heterocycles. The molecule has 1 aromatic carbocycles. The molecule has 0 fully saturated rings. The zero-order chi connectivity index (χ0) is 22.7. The van der Waals surface area contributed by atoms with Crippen molar-refractivity contribution < 1.29 is 19.1 Å². The number of nitrogens with one attached hydrogen (secondary N) is 2. The molecule has 31 heavy (non-hydrogen) atoms. The number of halogens is 2.